The molecule has 1 saturated carbocycles. The molecular weight excluding hydrogens is 248 g/mol. The number of hydrogen-bond acceptors (Lipinski definition) is 1. The number of rotatable bonds is 7. The number of allylic oxidation sites excluding steroid dienone is 2. The molecule has 0 radical (unpaired) electrons. The Hall–Kier alpha value is -0.0831. The zero-order valence-electron chi connectivity index (χ0n) is 13.4. The summed E-state index contributed by atoms with van der Waals surface area (Å²) in [5.74, 6) is 2.78. The van der Waals surface area contributed by atoms with Crippen LogP contribution in [0.2, 0.25) is 11.1 Å². The molecule has 0 aromatic carbocycles. The van der Waals surface area contributed by atoms with Crippen molar-refractivity contribution in [1.82, 2.24) is 0 Å². The molecular formula is C17H32OSi. The Labute approximate surface area is 121 Å². The quantitative estimate of drug-likeness (QED) is 0.475. The van der Waals surface area contributed by atoms with Crippen molar-refractivity contribution in [2.45, 2.75) is 77.5 Å². The maximum absolute atomic E-state index is 6.43. The fourth-order valence-corrected chi connectivity index (χ4v) is 6.94. The van der Waals surface area contributed by atoms with Gasteiger partial charge in [-0.15, -0.1) is 0 Å². The molecule has 4 unspecified atom stereocenters. The standard InChI is InChI=1S/C17H32OSi/c1-12(2)19(13(3)4)18-14(5)6-8-16-10-15-7-9-17(16)11-15/h7,9,12-17,19H,6,8,10-11H2,1-5H3. The average molecular weight is 281 g/mol. The second-order valence-electron chi connectivity index (χ2n) is 7.52. The highest BCUT2D eigenvalue weighted by molar-refractivity contribution is 6.55. The van der Waals surface area contributed by atoms with Gasteiger partial charge in [0.25, 0.3) is 0 Å². The first-order valence-corrected chi connectivity index (χ1v) is 10.1. The Bertz CT molecular complexity index is 302. The van der Waals surface area contributed by atoms with Gasteiger partial charge in [-0.1, -0.05) is 39.8 Å². The van der Waals surface area contributed by atoms with Gasteiger partial charge in [0.05, 0.1) is 0 Å². The van der Waals surface area contributed by atoms with Crippen LogP contribution in [0.3, 0.4) is 0 Å². The monoisotopic (exact) mass is 280 g/mol. The van der Waals surface area contributed by atoms with Crippen molar-refractivity contribution in [2.24, 2.45) is 17.8 Å². The van der Waals surface area contributed by atoms with Crippen molar-refractivity contribution < 1.29 is 4.43 Å². The minimum absolute atomic E-state index is 0.476. The van der Waals surface area contributed by atoms with Crippen LogP contribution in [-0.2, 0) is 4.43 Å². The summed E-state index contributed by atoms with van der Waals surface area (Å²) < 4.78 is 6.43. The van der Waals surface area contributed by atoms with E-state index in [1.807, 2.05) is 0 Å². The molecule has 2 aliphatic carbocycles. The molecule has 0 heterocycles. The van der Waals surface area contributed by atoms with Crippen LogP contribution in [0.15, 0.2) is 12.2 Å². The van der Waals surface area contributed by atoms with Crippen LogP contribution in [-0.4, -0.2) is 15.1 Å². The lowest BCUT2D eigenvalue weighted by atomic mass is 9.89. The molecule has 110 valence electrons. The zero-order valence-corrected chi connectivity index (χ0v) is 14.6. The SMILES string of the molecule is CC(CCC1CC2C=CC1C2)O[SiH](C(C)C)C(C)C. The van der Waals surface area contributed by atoms with Crippen molar-refractivity contribution >= 4 is 9.04 Å². The lowest BCUT2D eigenvalue weighted by molar-refractivity contribution is 0.187. The molecule has 2 aliphatic rings. The lowest BCUT2D eigenvalue weighted by Crippen LogP contribution is -2.30. The smallest absolute Gasteiger partial charge is 0.182 e. The Balaban J connectivity index is 1.72. The van der Waals surface area contributed by atoms with E-state index in [-0.39, 0.29) is 0 Å². The minimum atomic E-state index is -1.03. The van der Waals surface area contributed by atoms with Gasteiger partial charge in [0.1, 0.15) is 0 Å². The average Bonchev–Trinajstić information content (AvgIpc) is 2.94. The second kappa shape index (κ2) is 6.58. The molecule has 0 aromatic rings. The van der Waals surface area contributed by atoms with Gasteiger partial charge >= 0.3 is 0 Å². The molecule has 1 fully saturated rings. The Morgan fingerprint density at radius 2 is 1.74 bits per heavy atom. The summed E-state index contributed by atoms with van der Waals surface area (Å²) in [4.78, 5) is 0. The van der Waals surface area contributed by atoms with Crippen molar-refractivity contribution in [3.8, 4) is 0 Å². The predicted octanol–water partition coefficient (Wildman–Crippen LogP) is 4.93. The third-order valence-electron chi connectivity index (χ3n) is 5.06. The molecule has 2 bridgehead atoms. The maximum Gasteiger partial charge on any atom is 0.182 e. The van der Waals surface area contributed by atoms with E-state index in [1.54, 1.807) is 0 Å². The summed E-state index contributed by atoms with van der Waals surface area (Å²) >= 11 is 0. The van der Waals surface area contributed by atoms with Crippen LogP contribution < -0.4 is 0 Å². The van der Waals surface area contributed by atoms with Crippen molar-refractivity contribution in [3.63, 3.8) is 0 Å². The van der Waals surface area contributed by atoms with Crippen molar-refractivity contribution in [1.29, 1.82) is 0 Å². The first-order chi connectivity index (χ1) is 8.97. The highest BCUT2D eigenvalue weighted by Crippen LogP contribution is 2.45. The van der Waals surface area contributed by atoms with Gasteiger partial charge in [0, 0.05) is 6.10 Å². The number of fused-ring (bicyclic) bond motifs is 2. The van der Waals surface area contributed by atoms with Crippen LogP contribution in [0.1, 0.15) is 60.3 Å². The van der Waals surface area contributed by atoms with E-state index in [2.05, 4.69) is 46.8 Å². The number of hydrogen-bond donors (Lipinski definition) is 0. The molecule has 0 saturated heterocycles. The highest BCUT2D eigenvalue weighted by Gasteiger charge is 2.35. The molecule has 0 aliphatic heterocycles. The summed E-state index contributed by atoms with van der Waals surface area (Å²) in [6.45, 7) is 11.6. The maximum atomic E-state index is 6.43. The molecule has 0 aromatic heterocycles. The first kappa shape index (κ1) is 15.3. The molecule has 19 heavy (non-hydrogen) atoms. The highest BCUT2D eigenvalue weighted by atomic mass is 28.3. The van der Waals surface area contributed by atoms with E-state index in [0.717, 1.165) is 28.8 Å². The lowest BCUT2D eigenvalue weighted by Gasteiger charge is -2.28. The Kier molecular flexibility index (Phi) is 5.30. The normalized spacial score (nSPS) is 31.1. The van der Waals surface area contributed by atoms with Gasteiger partial charge in [0.15, 0.2) is 9.04 Å². The summed E-state index contributed by atoms with van der Waals surface area (Å²) in [6, 6.07) is 0. The van der Waals surface area contributed by atoms with E-state index in [0.29, 0.717) is 6.10 Å². The van der Waals surface area contributed by atoms with Gasteiger partial charge in [-0.05, 0) is 61.4 Å². The topological polar surface area (TPSA) is 9.23 Å². The van der Waals surface area contributed by atoms with Crippen molar-refractivity contribution in [3.05, 3.63) is 12.2 Å². The Morgan fingerprint density at radius 3 is 2.21 bits per heavy atom. The molecule has 2 rings (SSSR count). The van der Waals surface area contributed by atoms with Gasteiger partial charge in [0.2, 0.25) is 0 Å². The van der Waals surface area contributed by atoms with Crippen LogP contribution in [0.4, 0.5) is 0 Å². The first-order valence-electron chi connectivity index (χ1n) is 8.31. The molecule has 2 heteroatoms. The van der Waals surface area contributed by atoms with Gasteiger partial charge in [-0.3, -0.25) is 0 Å². The second-order valence-corrected chi connectivity index (χ2v) is 11.4. The predicted molar refractivity (Wildman–Crippen MR) is 86.0 cm³/mol. The third kappa shape index (κ3) is 3.95. The zero-order chi connectivity index (χ0) is 14.0. The largest absolute Gasteiger partial charge is 0.417 e. The molecule has 4 atom stereocenters. The van der Waals surface area contributed by atoms with Crippen LogP contribution in [0.5, 0.6) is 0 Å². The summed E-state index contributed by atoms with van der Waals surface area (Å²) in [6.07, 6.45) is 10.9. The summed E-state index contributed by atoms with van der Waals surface area (Å²) in [7, 11) is -1.03. The Morgan fingerprint density at radius 1 is 1.05 bits per heavy atom. The summed E-state index contributed by atoms with van der Waals surface area (Å²) in [5, 5.41) is 0. The van der Waals surface area contributed by atoms with E-state index in [1.165, 1.54) is 25.7 Å². The van der Waals surface area contributed by atoms with E-state index in [4.69, 9.17) is 4.43 Å². The molecule has 0 N–H and O–H groups in total. The van der Waals surface area contributed by atoms with E-state index in [9.17, 15) is 0 Å². The van der Waals surface area contributed by atoms with Crippen LogP contribution >= 0.6 is 0 Å². The molecule has 0 amide bonds. The van der Waals surface area contributed by atoms with Crippen LogP contribution in [0.25, 0.3) is 0 Å². The van der Waals surface area contributed by atoms with Gasteiger partial charge in [-0.2, -0.15) is 0 Å². The summed E-state index contributed by atoms with van der Waals surface area (Å²) in [5.41, 5.74) is 1.51. The van der Waals surface area contributed by atoms with Gasteiger partial charge in [-0.25, -0.2) is 0 Å². The fourth-order valence-electron chi connectivity index (χ4n) is 4.10. The van der Waals surface area contributed by atoms with E-state index < -0.39 is 9.04 Å². The third-order valence-corrected chi connectivity index (χ3v) is 8.47. The molecule has 0 spiro atoms. The van der Waals surface area contributed by atoms with Crippen molar-refractivity contribution in [2.75, 3.05) is 0 Å². The van der Waals surface area contributed by atoms with Gasteiger partial charge < -0.3 is 4.43 Å². The van der Waals surface area contributed by atoms with E-state index >= 15 is 0 Å². The fraction of sp³-hybridized carbons (Fsp3) is 0.882. The van der Waals surface area contributed by atoms with Crippen LogP contribution in [0, 0.1) is 17.8 Å². The minimum Gasteiger partial charge on any atom is -0.417 e. The molecule has 1 nitrogen and oxygen atoms in total.